The number of rotatable bonds is 6. The average Bonchev–Trinajstić information content (AvgIpc) is 2.56. The van der Waals surface area contributed by atoms with Crippen LogP contribution >= 0.6 is 0 Å². The topological polar surface area (TPSA) is 62.2 Å². The molecule has 0 unspecified atom stereocenters. The van der Waals surface area contributed by atoms with Crippen LogP contribution in [0.1, 0.15) is 30.7 Å². The van der Waals surface area contributed by atoms with Crippen molar-refractivity contribution in [2.45, 2.75) is 31.4 Å². The minimum Gasteiger partial charge on any atom is -0.388 e. The van der Waals surface area contributed by atoms with Crippen molar-refractivity contribution >= 4 is 5.91 Å². The molecule has 2 rings (SSSR count). The molecule has 24 heavy (non-hydrogen) atoms. The molecule has 2 atom stereocenters. The Morgan fingerprint density at radius 1 is 1.25 bits per heavy atom. The van der Waals surface area contributed by atoms with Gasteiger partial charge in [-0.15, -0.1) is 0 Å². The molecule has 2 aromatic rings. The zero-order valence-electron chi connectivity index (χ0n) is 12.9. The molecule has 0 aliphatic heterocycles. The lowest BCUT2D eigenvalue weighted by Gasteiger charge is -2.21. The number of aromatic nitrogens is 1. The van der Waals surface area contributed by atoms with Crippen LogP contribution in [0.4, 0.5) is 13.2 Å². The molecule has 0 spiro atoms. The third-order valence-electron chi connectivity index (χ3n) is 3.48. The van der Waals surface area contributed by atoms with Gasteiger partial charge < -0.3 is 10.4 Å². The van der Waals surface area contributed by atoms with Gasteiger partial charge in [0.05, 0.1) is 6.10 Å². The first-order valence-electron chi connectivity index (χ1n) is 7.34. The Morgan fingerprint density at radius 2 is 1.92 bits per heavy atom. The van der Waals surface area contributed by atoms with E-state index in [-0.39, 0.29) is 6.42 Å². The van der Waals surface area contributed by atoms with Crippen LogP contribution in [0, 0.1) is 5.82 Å². The van der Waals surface area contributed by atoms with Crippen LogP contribution < -0.4 is 5.32 Å². The maximum absolute atomic E-state index is 14.0. The highest BCUT2D eigenvalue weighted by molar-refractivity contribution is 5.84. The van der Waals surface area contributed by atoms with E-state index in [1.807, 2.05) is 0 Å². The maximum atomic E-state index is 14.0. The number of amides is 1. The van der Waals surface area contributed by atoms with E-state index in [0.29, 0.717) is 5.56 Å². The van der Waals surface area contributed by atoms with E-state index in [1.165, 1.54) is 49.5 Å². The number of carbonyl (C=O) groups is 1. The fraction of sp³-hybridized carbons (Fsp3) is 0.294. The summed E-state index contributed by atoms with van der Waals surface area (Å²) >= 11 is 0. The number of pyridine rings is 1. The maximum Gasteiger partial charge on any atom is 0.366 e. The van der Waals surface area contributed by atoms with Crippen molar-refractivity contribution in [3.63, 3.8) is 0 Å². The predicted molar refractivity (Wildman–Crippen MR) is 81.7 cm³/mol. The van der Waals surface area contributed by atoms with Gasteiger partial charge in [0.1, 0.15) is 11.5 Å². The highest BCUT2D eigenvalue weighted by atomic mass is 19.3. The minimum atomic E-state index is -3.77. The van der Waals surface area contributed by atoms with Crippen molar-refractivity contribution in [3.8, 4) is 0 Å². The van der Waals surface area contributed by atoms with Gasteiger partial charge >= 0.3 is 5.92 Å². The highest BCUT2D eigenvalue weighted by Gasteiger charge is 2.42. The van der Waals surface area contributed by atoms with Crippen molar-refractivity contribution in [2.24, 2.45) is 0 Å². The zero-order chi connectivity index (χ0) is 17.7. The molecule has 0 saturated carbocycles. The summed E-state index contributed by atoms with van der Waals surface area (Å²) in [5, 5.41) is 12.2. The standard InChI is InChI=1S/C17H17F3N2O2/c1-11(10-14(23)12-5-7-13(18)8-6-12)22-16(24)17(19,20)15-4-2-3-9-21-15/h2-9,11,14,23H,10H2,1H3,(H,22,24)/t11-,14-/m0/s1. The number of halogens is 3. The molecular weight excluding hydrogens is 321 g/mol. The monoisotopic (exact) mass is 338 g/mol. The van der Waals surface area contributed by atoms with E-state index >= 15 is 0 Å². The zero-order valence-corrected chi connectivity index (χ0v) is 12.9. The lowest BCUT2D eigenvalue weighted by molar-refractivity contribution is -0.148. The van der Waals surface area contributed by atoms with Crippen LogP contribution in [0.25, 0.3) is 0 Å². The van der Waals surface area contributed by atoms with E-state index in [2.05, 4.69) is 10.3 Å². The van der Waals surface area contributed by atoms with Crippen molar-refractivity contribution in [1.82, 2.24) is 10.3 Å². The van der Waals surface area contributed by atoms with E-state index in [9.17, 15) is 23.1 Å². The van der Waals surface area contributed by atoms with Gasteiger partial charge in [-0.2, -0.15) is 8.78 Å². The molecule has 0 saturated heterocycles. The number of carbonyl (C=O) groups excluding carboxylic acids is 1. The second-order valence-electron chi connectivity index (χ2n) is 5.47. The van der Waals surface area contributed by atoms with Gasteiger partial charge in [0.25, 0.3) is 5.91 Å². The van der Waals surface area contributed by atoms with Crippen molar-refractivity contribution in [1.29, 1.82) is 0 Å². The second-order valence-corrected chi connectivity index (χ2v) is 5.47. The van der Waals surface area contributed by atoms with Gasteiger partial charge in [-0.3, -0.25) is 9.78 Å². The number of aliphatic hydroxyl groups is 1. The lowest BCUT2D eigenvalue weighted by atomic mass is 10.0. The quantitative estimate of drug-likeness (QED) is 0.851. The van der Waals surface area contributed by atoms with Gasteiger partial charge in [-0.05, 0) is 43.2 Å². The Bertz CT molecular complexity index is 678. The van der Waals surface area contributed by atoms with Gasteiger partial charge in [0.2, 0.25) is 0 Å². The molecule has 0 fully saturated rings. The SMILES string of the molecule is C[C@@H](C[C@H](O)c1ccc(F)cc1)NC(=O)C(F)(F)c1ccccn1. The molecule has 2 N–H and O–H groups in total. The number of hydrogen-bond acceptors (Lipinski definition) is 3. The highest BCUT2D eigenvalue weighted by Crippen LogP contribution is 2.27. The Hall–Kier alpha value is -2.41. The Balaban J connectivity index is 1.97. The van der Waals surface area contributed by atoms with E-state index in [1.54, 1.807) is 0 Å². The molecule has 1 aromatic carbocycles. The summed E-state index contributed by atoms with van der Waals surface area (Å²) in [6.45, 7) is 1.50. The summed E-state index contributed by atoms with van der Waals surface area (Å²) in [6, 6.07) is 8.37. The number of alkyl halides is 2. The molecule has 128 valence electrons. The normalized spacial score (nSPS) is 14.0. The van der Waals surface area contributed by atoms with Crippen molar-refractivity contribution in [2.75, 3.05) is 0 Å². The van der Waals surface area contributed by atoms with E-state index in [0.717, 1.165) is 6.07 Å². The number of benzene rings is 1. The van der Waals surface area contributed by atoms with E-state index in [4.69, 9.17) is 0 Å². The average molecular weight is 338 g/mol. The Kier molecular flexibility index (Phi) is 5.56. The molecular formula is C17H17F3N2O2. The molecule has 1 heterocycles. The second kappa shape index (κ2) is 7.44. The summed E-state index contributed by atoms with van der Waals surface area (Å²) in [4.78, 5) is 15.3. The number of nitrogens with one attached hydrogen (secondary N) is 1. The number of hydrogen-bond donors (Lipinski definition) is 2. The van der Waals surface area contributed by atoms with Crippen LogP contribution in [0.15, 0.2) is 48.7 Å². The number of aliphatic hydroxyl groups excluding tert-OH is 1. The minimum absolute atomic E-state index is 0.00959. The van der Waals surface area contributed by atoms with Crippen LogP contribution in [-0.4, -0.2) is 22.0 Å². The van der Waals surface area contributed by atoms with Gasteiger partial charge in [-0.25, -0.2) is 4.39 Å². The first-order valence-corrected chi connectivity index (χ1v) is 7.34. The Labute approximate surface area is 137 Å². The van der Waals surface area contributed by atoms with Crippen molar-refractivity contribution < 1.29 is 23.1 Å². The van der Waals surface area contributed by atoms with Gasteiger partial charge in [0.15, 0.2) is 0 Å². The summed E-state index contributed by atoms with van der Waals surface area (Å²) in [7, 11) is 0. The largest absolute Gasteiger partial charge is 0.388 e. The smallest absolute Gasteiger partial charge is 0.366 e. The number of nitrogens with zero attached hydrogens (tertiary/aromatic N) is 1. The fourth-order valence-electron chi connectivity index (χ4n) is 2.19. The molecule has 0 aliphatic carbocycles. The Morgan fingerprint density at radius 3 is 2.50 bits per heavy atom. The van der Waals surface area contributed by atoms with Gasteiger partial charge in [0, 0.05) is 12.2 Å². The summed E-state index contributed by atoms with van der Waals surface area (Å²) < 4.78 is 40.9. The summed E-state index contributed by atoms with van der Waals surface area (Å²) in [5.41, 5.74) is -0.206. The lowest BCUT2D eigenvalue weighted by Crippen LogP contribution is -2.43. The van der Waals surface area contributed by atoms with E-state index < -0.39 is 35.5 Å². The predicted octanol–water partition coefficient (Wildman–Crippen LogP) is 2.94. The molecule has 1 aromatic heterocycles. The molecule has 1 amide bonds. The van der Waals surface area contributed by atoms with Crippen LogP contribution in [0.2, 0.25) is 0 Å². The third-order valence-corrected chi connectivity index (χ3v) is 3.48. The van der Waals surface area contributed by atoms with Crippen LogP contribution in [-0.2, 0) is 10.7 Å². The molecule has 0 radical (unpaired) electrons. The first kappa shape index (κ1) is 17.9. The third kappa shape index (κ3) is 4.32. The molecule has 0 bridgehead atoms. The first-order chi connectivity index (χ1) is 11.3. The molecule has 4 nitrogen and oxygen atoms in total. The van der Waals surface area contributed by atoms with Crippen LogP contribution in [0.5, 0.6) is 0 Å². The fourth-order valence-corrected chi connectivity index (χ4v) is 2.19. The van der Waals surface area contributed by atoms with Gasteiger partial charge in [-0.1, -0.05) is 18.2 Å². The van der Waals surface area contributed by atoms with Crippen molar-refractivity contribution in [3.05, 3.63) is 65.7 Å². The molecule has 0 aliphatic rings. The molecule has 7 heteroatoms. The van der Waals surface area contributed by atoms with Crippen LogP contribution in [0.3, 0.4) is 0 Å². The summed E-state index contributed by atoms with van der Waals surface area (Å²) in [6.07, 6.45) is 0.179. The summed E-state index contributed by atoms with van der Waals surface area (Å²) in [5.74, 6) is -5.70.